The predicted octanol–water partition coefficient (Wildman–Crippen LogP) is 4.35. The number of hydrogen-bond acceptors (Lipinski definition) is 3. The standard InChI is InChI=1S/C10H16BrNS2/c1-3-4-9(5-11)7-14-10-12-8(2)6-13-10/h6,9H,3-5,7H2,1-2H3. The molecule has 1 aromatic heterocycles. The number of halogens is 1. The molecule has 4 heteroatoms. The average molecular weight is 294 g/mol. The summed E-state index contributed by atoms with van der Waals surface area (Å²) in [5, 5.41) is 3.23. The first-order valence-electron chi connectivity index (χ1n) is 4.87. The fourth-order valence-corrected chi connectivity index (χ4v) is 4.07. The summed E-state index contributed by atoms with van der Waals surface area (Å²) < 4.78 is 1.21. The normalized spacial score (nSPS) is 13.1. The molecule has 1 aromatic rings. The van der Waals surface area contributed by atoms with Crippen molar-refractivity contribution in [2.24, 2.45) is 5.92 Å². The molecule has 0 saturated carbocycles. The molecule has 1 nitrogen and oxygen atoms in total. The summed E-state index contributed by atoms with van der Waals surface area (Å²) in [7, 11) is 0. The Labute approximate surface area is 103 Å². The molecular formula is C10H16BrNS2. The van der Waals surface area contributed by atoms with Gasteiger partial charge in [-0.05, 0) is 19.3 Å². The summed E-state index contributed by atoms with van der Waals surface area (Å²) in [6, 6.07) is 0. The number of rotatable bonds is 6. The van der Waals surface area contributed by atoms with Crippen molar-refractivity contribution in [1.82, 2.24) is 4.98 Å². The zero-order valence-electron chi connectivity index (χ0n) is 8.62. The second-order valence-corrected chi connectivity index (χ2v) is 6.15. The van der Waals surface area contributed by atoms with Gasteiger partial charge in [-0.15, -0.1) is 11.3 Å². The zero-order chi connectivity index (χ0) is 10.4. The van der Waals surface area contributed by atoms with Gasteiger partial charge in [0.1, 0.15) is 4.34 Å². The van der Waals surface area contributed by atoms with Gasteiger partial charge in [0.2, 0.25) is 0 Å². The zero-order valence-corrected chi connectivity index (χ0v) is 11.8. The quantitative estimate of drug-likeness (QED) is 0.571. The molecule has 0 radical (unpaired) electrons. The SMILES string of the molecule is CCCC(CBr)CSc1nc(C)cs1. The smallest absolute Gasteiger partial charge is 0.150 e. The second kappa shape index (κ2) is 6.85. The number of alkyl halides is 1. The fourth-order valence-electron chi connectivity index (χ4n) is 1.20. The van der Waals surface area contributed by atoms with Crippen LogP contribution in [0.2, 0.25) is 0 Å². The molecule has 14 heavy (non-hydrogen) atoms. The van der Waals surface area contributed by atoms with Crippen LogP contribution >= 0.6 is 39.0 Å². The van der Waals surface area contributed by atoms with E-state index in [9.17, 15) is 0 Å². The van der Waals surface area contributed by atoms with Crippen molar-refractivity contribution in [3.05, 3.63) is 11.1 Å². The lowest BCUT2D eigenvalue weighted by Gasteiger charge is -2.10. The van der Waals surface area contributed by atoms with Crippen LogP contribution in [0, 0.1) is 12.8 Å². The Bertz CT molecular complexity index is 262. The van der Waals surface area contributed by atoms with E-state index in [1.807, 2.05) is 11.8 Å². The first-order valence-corrected chi connectivity index (χ1v) is 7.85. The monoisotopic (exact) mass is 293 g/mol. The van der Waals surface area contributed by atoms with Crippen LogP contribution in [0.4, 0.5) is 0 Å². The molecule has 1 heterocycles. The van der Waals surface area contributed by atoms with E-state index in [1.165, 1.54) is 22.9 Å². The lowest BCUT2D eigenvalue weighted by atomic mass is 10.1. The second-order valence-electron chi connectivity index (χ2n) is 3.37. The molecule has 0 amide bonds. The Morgan fingerprint density at radius 3 is 2.93 bits per heavy atom. The topological polar surface area (TPSA) is 12.9 Å². The third kappa shape index (κ3) is 4.32. The predicted molar refractivity (Wildman–Crippen MR) is 69.8 cm³/mol. The summed E-state index contributed by atoms with van der Waals surface area (Å²) in [4.78, 5) is 4.44. The Morgan fingerprint density at radius 2 is 2.43 bits per heavy atom. The highest BCUT2D eigenvalue weighted by Gasteiger charge is 2.08. The lowest BCUT2D eigenvalue weighted by Crippen LogP contribution is -2.04. The summed E-state index contributed by atoms with van der Waals surface area (Å²) in [5.41, 5.74) is 1.14. The molecular weight excluding hydrogens is 278 g/mol. The van der Waals surface area contributed by atoms with Gasteiger partial charge < -0.3 is 0 Å². The van der Waals surface area contributed by atoms with Gasteiger partial charge in [-0.1, -0.05) is 41.0 Å². The fraction of sp³-hybridized carbons (Fsp3) is 0.700. The van der Waals surface area contributed by atoms with Gasteiger partial charge >= 0.3 is 0 Å². The van der Waals surface area contributed by atoms with Crippen molar-refractivity contribution in [3.63, 3.8) is 0 Å². The molecule has 0 aliphatic heterocycles. The van der Waals surface area contributed by atoms with E-state index in [2.05, 4.69) is 40.1 Å². The van der Waals surface area contributed by atoms with Crippen molar-refractivity contribution in [2.75, 3.05) is 11.1 Å². The number of thioether (sulfide) groups is 1. The van der Waals surface area contributed by atoms with E-state index >= 15 is 0 Å². The van der Waals surface area contributed by atoms with Crippen LogP contribution < -0.4 is 0 Å². The van der Waals surface area contributed by atoms with Gasteiger partial charge in [0.05, 0.1) is 0 Å². The Balaban J connectivity index is 2.31. The highest BCUT2D eigenvalue weighted by molar-refractivity contribution is 9.09. The maximum atomic E-state index is 4.44. The van der Waals surface area contributed by atoms with Crippen LogP contribution in [0.1, 0.15) is 25.5 Å². The molecule has 0 aromatic carbocycles. The van der Waals surface area contributed by atoms with Crippen molar-refractivity contribution < 1.29 is 0 Å². The highest BCUT2D eigenvalue weighted by Crippen LogP contribution is 2.26. The summed E-state index contributed by atoms with van der Waals surface area (Å²) in [5.74, 6) is 1.97. The van der Waals surface area contributed by atoms with Gasteiger partial charge in [0, 0.05) is 22.2 Å². The number of aryl methyl sites for hydroxylation is 1. The molecule has 0 aliphatic rings. The van der Waals surface area contributed by atoms with Crippen LogP contribution in [0.3, 0.4) is 0 Å². The maximum Gasteiger partial charge on any atom is 0.150 e. The molecule has 1 atom stereocenters. The van der Waals surface area contributed by atoms with Gasteiger partial charge in [-0.3, -0.25) is 0 Å². The Kier molecular flexibility index (Phi) is 6.13. The van der Waals surface area contributed by atoms with Crippen LogP contribution in [-0.2, 0) is 0 Å². The number of aromatic nitrogens is 1. The summed E-state index contributed by atoms with van der Waals surface area (Å²) in [6.07, 6.45) is 2.58. The molecule has 80 valence electrons. The third-order valence-electron chi connectivity index (χ3n) is 1.96. The Morgan fingerprint density at radius 1 is 1.64 bits per heavy atom. The largest absolute Gasteiger partial charge is 0.235 e. The lowest BCUT2D eigenvalue weighted by molar-refractivity contribution is 0.597. The van der Waals surface area contributed by atoms with Gasteiger partial charge in [-0.2, -0.15) is 0 Å². The van der Waals surface area contributed by atoms with Crippen molar-refractivity contribution in [1.29, 1.82) is 0 Å². The molecule has 0 saturated heterocycles. The molecule has 1 rings (SSSR count). The first-order chi connectivity index (χ1) is 6.76. The van der Waals surface area contributed by atoms with Crippen molar-refractivity contribution in [3.8, 4) is 0 Å². The van der Waals surface area contributed by atoms with Crippen LogP contribution in [0.15, 0.2) is 9.72 Å². The van der Waals surface area contributed by atoms with Crippen LogP contribution in [0.5, 0.6) is 0 Å². The molecule has 1 unspecified atom stereocenters. The summed E-state index contributed by atoms with van der Waals surface area (Å²) >= 11 is 7.21. The van der Waals surface area contributed by atoms with Crippen molar-refractivity contribution >= 4 is 39.0 Å². The molecule has 0 fully saturated rings. The van der Waals surface area contributed by atoms with E-state index in [0.29, 0.717) is 0 Å². The first kappa shape index (κ1) is 12.5. The molecule has 0 bridgehead atoms. The van der Waals surface area contributed by atoms with Gasteiger partial charge in [0.25, 0.3) is 0 Å². The Hall–Kier alpha value is 0.460. The van der Waals surface area contributed by atoms with E-state index in [-0.39, 0.29) is 0 Å². The summed E-state index contributed by atoms with van der Waals surface area (Å²) in [6.45, 7) is 4.29. The molecule has 0 N–H and O–H groups in total. The van der Waals surface area contributed by atoms with E-state index < -0.39 is 0 Å². The third-order valence-corrected chi connectivity index (χ3v) is 5.24. The van der Waals surface area contributed by atoms with E-state index in [4.69, 9.17) is 0 Å². The van der Waals surface area contributed by atoms with Crippen molar-refractivity contribution in [2.45, 2.75) is 31.0 Å². The maximum absolute atomic E-state index is 4.44. The van der Waals surface area contributed by atoms with E-state index in [1.54, 1.807) is 11.3 Å². The minimum absolute atomic E-state index is 0.786. The van der Waals surface area contributed by atoms with Crippen LogP contribution in [0.25, 0.3) is 0 Å². The highest BCUT2D eigenvalue weighted by atomic mass is 79.9. The van der Waals surface area contributed by atoms with Gasteiger partial charge in [-0.25, -0.2) is 4.98 Å². The van der Waals surface area contributed by atoms with Gasteiger partial charge in [0.15, 0.2) is 0 Å². The average Bonchev–Trinajstić information content (AvgIpc) is 2.59. The molecule has 0 aliphatic carbocycles. The van der Waals surface area contributed by atoms with E-state index in [0.717, 1.165) is 16.9 Å². The number of hydrogen-bond donors (Lipinski definition) is 0. The minimum Gasteiger partial charge on any atom is -0.235 e. The number of nitrogens with zero attached hydrogens (tertiary/aromatic N) is 1. The minimum atomic E-state index is 0.786. The number of thiazole rings is 1. The molecule has 0 spiro atoms. The van der Waals surface area contributed by atoms with Crippen LogP contribution in [-0.4, -0.2) is 16.1 Å².